The quantitative estimate of drug-likeness (QED) is 0.753. The van der Waals surface area contributed by atoms with Gasteiger partial charge in [-0.3, -0.25) is 0 Å². The van der Waals surface area contributed by atoms with E-state index in [1.165, 1.54) is 0 Å². The molecule has 0 spiro atoms. The smallest absolute Gasteiger partial charge is 0.317 e. The molecule has 2 unspecified atom stereocenters. The first-order chi connectivity index (χ1) is 8.58. The molecule has 0 aromatic heterocycles. The molecule has 0 bridgehead atoms. The number of amides is 2. The molecule has 1 aliphatic heterocycles. The van der Waals surface area contributed by atoms with E-state index >= 15 is 0 Å². The van der Waals surface area contributed by atoms with Crippen LogP contribution in [0.3, 0.4) is 0 Å². The van der Waals surface area contributed by atoms with E-state index in [1.54, 1.807) is 0 Å². The molecule has 2 amide bonds. The second-order valence-corrected chi connectivity index (χ2v) is 6.14. The number of thiocarbonyl (C=S) groups is 1. The van der Waals surface area contributed by atoms with Gasteiger partial charge < -0.3 is 16.0 Å². The Morgan fingerprint density at radius 1 is 1.28 bits per heavy atom. The Balaban J connectivity index is 1.85. The normalized spacial score (nSPS) is 29.3. The van der Waals surface area contributed by atoms with Crippen molar-refractivity contribution >= 4 is 23.2 Å². The first-order valence-electron chi connectivity index (χ1n) is 6.92. The third-order valence-electron chi connectivity index (χ3n) is 4.26. The lowest BCUT2D eigenvalue weighted by Gasteiger charge is -2.32. The van der Waals surface area contributed by atoms with Crippen molar-refractivity contribution in [3.05, 3.63) is 0 Å². The van der Waals surface area contributed by atoms with Crippen molar-refractivity contribution in [3.63, 3.8) is 0 Å². The predicted octanol–water partition coefficient (Wildman–Crippen LogP) is 1.88. The molecule has 1 saturated heterocycles. The van der Waals surface area contributed by atoms with Gasteiger partial charge in [-0.25, -0.2) is 4.79 Å². The average Bonchev–Trinajstić information content (AvgIpc) is 2.78. The van der Waals surface area contributed by atoms with Gasteiger partial charge in [0.05, 0.1) is 4.99 Å². The van der Waals surface area contributed by atoms with Crippen LogP contribution in [0.4, 0.5) is 4.79 Å². The van der Waals surface area contributed by atoms with E-state index in [4.69, 9.17) is 18.0 Å². The Bertz CT molecular complexity index is 326. The van der Waals surface area contributed by atoms with Gasteiger partial charge in [-0.2, -0.15) is 0 Å². The molecule has 2 aliphatic rings. The number of nitrogens with zero attached hydrogens (tertiary/aromatic N) is 1. The summed E-state index contributed by atoms with van der Waals surface area (Å²) in [6.07, 6.45) is 5.33. The van der Waals surface area contributed by atoms with Crippen molar-refractivity contribution in [1.29, 1.82) is 0 Å². The summed E-state index contributed by atoms with van der Waals surface area (Å²) in [5, 5.41) is 3.11. The molecule has 2 fully saturated rings. The number of hydrogen-bond acceptors (Lipinski definition) is 2. The van der Waals surface area contributed by atoms with Gasteiger partial charge in [0.15, 0.2) is 0 Å². The lowest BCUT2D eigenvalue weighted by molar-refractivity contribution is 0.169. The van der Waals surface area contributed by atoms with Crippen LogP contribution < -0.4 is 11.1 Å². The SMILES string of the molecule is CC1CCN(C(=O)NC2CCCC2C(N)=S)CC1. The predicted molar refractivity (Wildman–Crippen MR) is 76.4 cm³/mol. The average molecular weight is 269 g/mol. The van der Waals surface area contributed by atoms with Crippen LogP contribution in [0, 0.1) is 11.8 Å². The Hall–Kier alpha value is -0.840. The summed E-state index contributed by atoms with van der Waals surface area (Å²) in [5.41, 5.74) is 5.73. The van der Waals surface area contributed by atoms with E-state index in [0.29, 0.717) is 4.99 Å². The standard InChI is InChI=1S/C13H23N3OS/c1-9-5-7-16(8-6-9)13(17)15-11-4-2-3-10(11)12(14)18/h9-11H,2-8H2,1H3,(H2,14,18)(H,15,17). The molecule has 3 N–H and O–H groups in total. The maximum absolute atomic E-state index is 12.2. The highest BCUT2D eigenvalue weighted by molar-refractivity contribution is 7.80. The Morgan fingerprint density at radius 2 is 1.94 bits per heavy atom. The highest BCUT2D eigenvalue weighted by Crippen LogP contribution is 2.26. The van der Waals surface area contributed by atoms with E-state index in [1.807, 2.05) is 4.90 Å². The highest BCUT2D eigenvalue weighted by atomic mass is 32.1. The molecular weight excluding hydrogens is 246 g/mol. The summed E-state index contributed by atoms with van der Waals surface area (Å²) in [4.78, 5) is 14.6. The first kappa shape index (κ1) is 13.6. The number of nitrogens with one attached hydrogen (secondary N) is 1. The zero-order chi connectivity index (χ0) is 13.1. The van der Waals surface area contributed by atoms with Crippen LogP contribution >= 0.6 is 12.2 Å². The first-order valence-corrected chi connectivity index (χ1v) is 7.33. The van der Waals surface area contributed by atoms with Gasteiger partial charge in [-0.1, -0.05) is 25.6 Å². The zero-order valence-corrected chi connectivity index (χ0v) is 11.8. The van der Waals surface area contributed by atoms with Gasteiger partial charge in [0.1, 0.15) is 0 Å². The zero-order valence-electron chi connectivity index (χ0n) is 11.0. The number of carbonyl (C=O) groups excluding carboxylic acids is 1. The van der Waals surface area contributed by atoms with Gasteiger partial charge >= 0.3 is 6.03 Å². The van der Waals surface area contributed by atoms with E-state index < -0.39 is 0 Å². The van der Waals surface area contributed by atoms with E-state index in [0.717, 1.165) is 51.1 Å². The summed E-state index contributed by atoms with van der Waals surface area (Å²) in [6, 6.07) is 0.212. The maximum Gasteiger partial charge on any atom is 0.317 e. The monoisotopic (exact) mass is 269 g/mol. The highest BCUT2D eigenvalue weighted by Gasteiger charge is 2.32. The topological polar surface area (TPSA) is 58.4 Å². The van der Waals surface area contributed by atoms with Crippen LogP contribution in [0.5, 0.6) is 0 Å². The van der Waals surface area contributed by atoms with Crippen molar-refractivity contribution in [2.45, 2.75) is 45.1 Å². The molecule has 0 radical (unpaired) electrons. The Labute approximate surface area is 114 Å². The van der Waals surface area contributed by atoms with Gasteiger partial charge in [0.2, 0.25) is 0 Å². The second kappa shape index (κ2) is 5.87. The number of urea groups is 1. The van der Waals surface area contributed by atoms with Crippen LogP contribution in [0.15, 0.2) is 0 Å². The van der Waals surface area contributed by atoms with E-state index in [2.05, 4.69) is 12.2 Å². The fourth-order valence-electron chi connectivity index (χ4n) is 2.93. The number of likely N-dealkylation sites (tertiary alicyclic amines) is 1. The fourth-order valence-corrected chi connectivity index (χ4v) is 3.22. The molecule has 5 heteroatoms. The van der Waals surface area contributed by atoms with Crippen molar-refractivity contribution in [2.24, 2.45) is 17.6 Å². The van der Waals surface area contributed by atoms with Crippen LogP contribution in [-0.4, -0.2) is 35.1 Å². The number of carbonyl (C=O) groups is 1. The lowest BCUT2D eigenvalue weighted by atomic mass is 9.99. The molecule has 1 aliphatic carbocycles. The van der Waals surface area contributed by atoms with Gasteiger partial charge in [-0.05, 0) is 31.6 Å². The van der Waals surface area contributed by atoms with Gasteiger partial charge in [0.25, 0.3) is 0 Å². The molecular formula is C13H23N3OS. The van der Waals surface area contributed by atoms with Crippen molar-refractivity contribution in [1.82, 2.24) is 10.2 Å². The van der Waals surface area contributed by atoms with Crippen molar-refractivity contribution in [2.75, 3.05) is 13.1 Å². The molecule has 2 rings (SSSR count). The third-order valence-corrected chi connectivity index (χ3v) is 4.56. The summed E-state index contributed by atoms with van der Waals surface area (Å²) >= 11 is 5.07. The summed E-state index contributed by atoms with van der Waals surface area (Å²) in [7, 11) is 0. The largest absolute Gasteiger partial charge is 0.393 e. The summed E-state index contributed by atoms with van der Waals surface area (Å²) < 4.78 is 0. The molecule has 102 valence electrons. The molecule has 1 saturated carbocycles. The molecule has 18 heavy (non-hydrogen) atoms. The fraction of sp³-hybridized carbons (Fsp3) is 0.846. The minimum atomic E-state index is 0.0649. The number of piperidine rings is 1. The number of hydrogen-bond donors (Lipinski definition) is 2. The number of nitrogens with two attached hydrogens (primary N) is 1. The Morgan fingerprint density at radius 3 is 2.56 bits per heavy atom. The third kappa shape index (κ3) is 3.13. The second-order valence-electron chi connectivity index (χ2n) is 5.67. The molecule has 0 aromatic rings. The Kier molecular flexibility index (Phi) is 4.43. The van der Waals surface area contributed by atoms with Crippen LogP contribution in [0.2, 0.25) is 0 Å². The van der Waals surface area contributed by atoms with Crippen molar-refractivity contribution < 1.29 is 4.79 Å². The molecule has 2 atom stereocenters. The van der Waals surface area contributed by atoms with E-state index in [-0.39, 0.29) is 18.0 Å². The van der Waals surface area contributed by atoms with Crippen molar-refractivity contribution in [3.8, 4) is 0 Å². The van der Waals surface area contributed by atoms with Gasteiger partial charge in [0, 0.05) is 25.0 Å². The van der Waals surface area contributed by atoms with Gasteiger partial charge in [-0.15, -0.1) is 0 Å². The number of rotatable bonds is 2. The summed E-state index contributed by atoms with van der Waals surface area (Å²) in [6.45, 7) is 3.99. The molecule has 0 aromatic carbocycles. The minimum absolute atomic E-state index is 0.0649. The molecule has 1 heterocycles. The minimum Gasteiger partial charge on any atom is -0.393 e. The summed E-state index contributed by atoms with van der Waals surface area (Å²) in [5.74, 6) is 0.928. The maximum atomic E-state index is 12.2. The van der Waals surface area contributed by atoms with Crippen LogP contribution in [-0.2, 0) is 0 Å². The van der Waals surface area contributed by atoms with E-state index in [9.17, 15) is 4.79 Å². The van der Waals surface area contributed by atoms with Crippen LogP contribution in [0.1, 0.15) is 39.0 Å². The molecule has 4 nitrogen and oxygen atoms in total. The van der Waals surface area contributed by atoms with Crippen LogP contribution in [0.25, 0.3) is 0 Å². The lowest BCUT2D eigenvalue weighted by Crippen LogP contribution is -2.50.